The minimum absolute atomic E-state index is 0.0508. The molecule has 1 amide bonds. The molecule has 1 rings (SSSR count). The molecule has 0 unspecified atom stereocenters. The minimum Gasteiger partial charge on any atom is -0.382 e. The van der Waals surface area contributed by atoms with E-state index in [1.807, 2.05) is 24.3 Å². The first-order chi connectivity index (χ1) is 9.10. The Bertz CT molecular complexity index is 395. The number of anilines is 1. The Balaban J connectivity index is 2.90. The van der Waals surface area contributed by atoms with Crippen molar-refractivity contribution in [3.05, 3.63) is 29.8 Å². The number of hydrogen-bond acceptors (Lipinski definition) is 2. The zero-order valence-electron chi connectivity index (χ0n) is 12.6. The van der Waals surface area contributed by atoms with Gasteiger partial charge in [-0.15, -0.1) is 0 Å². The summed E-state index contributed by atoms with van der Waals surface area (Å²) in [6.07, 6.45) is 4.58. The summed E-state index contributed by atoms with van der Waals surface area (Å²) in [6.45, 7) is 4.39. The lowest BCUT2D eigenvalue weighted by molar-refractivity contribution is 0.0828. The molecule has 0 fully saturated rings. The van der Waals surface area contributed by atoms with E-state index in [1.165, 1.54) is 0 Å². The van der Waals surface area contributed by atoms with Gasteiger partial charge in [0.15, 0.2) is 0 Å². The lowest BCUT2D eigenvalue weighted by Gasteiger charge is -2.21. The summed E-state index contributed by atoms with van der Waals surface area (Å²) < 4.78 is 0. The van der Waals surface area contributed by atoms with Crippen molar-refractivity contribution in [2.24, 2.45) is 0 Å². The number of carbonyl (C=O) groups is 1. The molecule has 1 aromatic carbocycles. The van der Waals surface area contributed by atoms with E-state index in [2.05, 4.69) is 19.2 Å². The number of carbonyl (C=O) groups excluding carboxylic acids is 1. The fourth-order valence-corrected chi connectivity index (χ4v) is 2.24. The van der Waals surface area contributed by atoms with Crippen LogP contribution in [-0.2, 0) is 0 Å². The molecular formula is C16H26N2O. The van der Waals surface area contributed by atoms with Crippen LogP contribution in [0.25, 0.3) is 0 Å². The Labute approximate surface area is 117 Å². The Kier molecular flexibility index (Phi) is 6.40. The molecule has 0 radical (unpaired) electrons. The second kappa shape index (κ2) is 7.82. The van der Waals surface area contributed by atoms with Gasteiger partial charge in [-0.3, -0.25) is 4.79 Å². The van der Waals surface area contributed by atoms with Crippen LogP contribution in [0.4, 0.5) is 5.69 Å². The summed E-state index contributed by atoms with van der Waals surface area (Å²) in [5.41, 5.74) is 1.71. The molecule has 0 aliphatic carbocycles. The molecule has 3 heteroatoms. The van der Waals surface area contributed by atoms with Crippen molar-refractivity contribution in [2.45, 2.75) is 45.6 Å². The van der Waals surface area contributed by atoms with Crippen molar-refractivity contribution < 1.29 is 4.79 Å². The van der Waals surface area contributed by atoms with Crippen molar-refractivity contribution in [3.63, 3.8) is 0 Å². The molecule has 1 aromatic rings. The number of benzene rings is 1. The van der Waals surface area contributed by atoms with Gasteiger partial charge in [0.1, 0.15) is 0 Å². The van der Waals surface area contributed by atoms with E-state index in [4.69, 9.17) is 0 Å². The van der Waals surface area contributed by atoms with Gasteiger partial charge in [0.05, 0.1) is 5.56 Å². The second-order valence-electron chi connectivity index (χ2n) is 5.16. The zero-order valence-corrected chi connectivity index (χ0v) is 12.6. The average Bonchev–Trinajstić information content (AvgIpc) is 2.39. The van der Waals surface area contributed by atoms with E-state index in [1.54, 1.807) is 19.0 Å². The first-order valence-electron chi connectivity index (χ1n) is 7.17. The highest BCUT2D eigenvalue weighted by Gasteiger charge is 2.15. The number of amides is 1. The highest BCUT2D eigenvalue weighted by atomic mass is 16.2. The van der Waals surface area contributed by atoms with Gasteiger partial charge in [0.25, 0.3) is 5.91 Å². The molecule has 0 aliphatic heterocycles. The van der Waals surface area contributed by atoms with Gasteiger partial charge in [0, 0.05) is 25.8 Å². The van der Waals surface area contributed by atoms with Crippen molar-refractivity contribution >= 4 is 11.6 Å². The fraction of sp³-hybridized carbons (Fsp3) is 0.562. The molecule has 0 saturated heterocycles. The van der Waals surface area contributed by atoms with Crippen molar-refractivity contribution in [1.29, 1.82) is 0 Å². The largest absolute Gasteiger partial charge is 0.382 e. The Morgan fingerprint density at radius 2 is 1.74 bits per heavy atom. The summed E-state index contributed by atoms with van der Waals surface area (Å²) in [6, 6.07) is 8.22. The molecule has 0 aliphatic rings. The van der Waals surface area contributed by atoms with Crippen LogP contribution in [0.5, 0.6) is 0 Å². The van der Waals surface area contributed by atoms with Gasteiger partial charge in [-0.05, 0) is 25.0 Å². The number of para-hydroxylation sites is 1. The Morgan fingerprint density at radius 1 is 1.16 bits per heavy atom. The molecule has 106 valence electrons. The molecule has 0 aromatic heterocycles. The van der Waals surface area contributed by atoms with Gasteiger partial charge in [-0.25, -0.2) is 0 Å². The van der Waals surface area contributed by atoms with Crippen LogP contribution in [0, 0.1) is 0 Å². The van der Waals surface area contributed by atoms with Crippen LogP contribution in [0.1, 0.15) is 49.9 Å². The normalized spacial score (nSPS) is 10.6. The van der Waals surface area contributed by atoms with E-state index in [-0.39, 0.29) is 5.91 Å². The first-order valence-corrected chi connectivity index (χ1v) is 7.17. The summed E-state index contributed by atoms with van der Waals surface area (Å²) in [5.74, 6) is 0.0508. The molecule has 0 bridgehead atoms. The summed E-state index contributed by atoms with van der Waals surface area (Å²) in [4.78, 5) is 13.8. The molecule has 0 heterocycles. The summed E-state index contributed by atoms with van der Waals surface area (Å²) in [5, 5.41) is 3.54. The first kappa shape index (κ1) is 15.5. The van der Waals surface area contributed by atoms with E-state index in [9.17, 15) is 4.79 Å². The van der Waals surface area contributed by atoms with E-state index >= 15 is 0 Å². The van der Waals surface area contributed by atoms with Crippen LogP contribution in [0.3, 0.4) is 0 Å². The van der Waals surface area contributed by atoms with Crippen LogP contribution in [0.2, 0.25) is 0 Å². The lowest BCUT2D eigenvalue weighted by Crippen LogP contribution is -2.25. The third-order valence-electron chi connectivity index (χ3n) is 3.20. The molecule has 3 nitrogen and oxygen atoms in total. The number of nitrogens with zero attached hydrogens (tertiary/aromatic N) is 1. The molecular weight excluding hydrogens is 236 g/mol. The van der Waals surface area contributed by atoms with Crippen LogP contribution in [-0.4, -0.2) is 30.9 Å². The maximum Gasteiger partial charge on any atom is 0.255 e. The topological polar surface area (TPSA) is 32.3 Å². The smallest absolute Gasteiger partial charge is 0.255 e. The van der Waals surface area contributed by atoms with Crippen molar-refractivity contribution in [2.75, 3.05) is 19.4 Å². The number of nitrogens with one attached hydrogen (secondary N) is 1. The monoisotopic (exact) mass is 262 g/mol. The van der Waals surface area contributed by atoms with Crippen LogP contribution in [0.15, 0.2) is 24.3 Å². The second-order valence-corrected chi connectivity index (χ2v) is 5.16. The SMILES string of the molecule is CCCC(CCC)Nc1ccccc1C(=O)N(C)C. The predicted molar refractivity (Wildman–Crippen MR) is 81.7 cm³/mol. The molecule has 0 saturated carbocycles. The zero-order chi connectivity index (χ0) is 14.3. The Morgan fingerprint density at radius 3 is 2.26 bits per heavy atom. The van der Waals surface area contributed by atoms with Crippen molar-refractivity contribution in [1.82, 2.24) is 4.90 Å². The number of rotatable bonds is 7. The molecule has 0 atom stereocenters. The van der Waals surface area contributed by atoms with Crippen LogP contribution < -0.4 is 5.32 Å². The summed E-state index contributed by atoms with van der Waals surface area (Å²) >= 11 is 0. The van der Waals surface area contributed by atoms with E-state index in [0.717, 1.165) is 36.9 Å². The minimum atomic E-state index is 0.0508. The lowest BCUT2D eigenvalue weighted by atomic mass is 10.0. The highest BCUT2D eigenvalue weighted by molar-refractivity contribution is 5.99. The third kappa shape index (κ3) is 4.58. The molecule has 1 N–H and O–H groups in total. The molecule has 19 heavy (non-hydrogen) atoms. The van der Waals surface area contributed by atoms with Crippen molar-refractivity contribution in [3.8, 4) is 0 Å². The van der Waals surface area contributed by atoms with E-state index < -0.39 is 0 Å². The quantitative estimate of drug-likeness (QED) is 0.811. The predicted octanol–water partition coefficient (Wildman–Crippen LogP) is 3.77. The third-order valence-corrected chi connectivity index (χ3v) is 3.20. The van der Waals surface area contributed by atoms with E-state index in [0.29, 0.717) is 6.04 Å². The maximum atomic E-state index is 12.1. The summed E-state index contributed by atoms with van der Waals surface area (Å²) in [7, 11) is 3.57. The molecule has 0 spiro atoms. The van der Waals surface area contributed by atoms with Gasteiger partial charge >= 0.3 is 0 Å². The van der Waals surface area contributed by atoms with Gasteiger partial charge < -0.3 is 10.2 Å². The maximum absolute atomic E-state index is 12.1. The average molecular weight is 262 g/mol. The van der Waals surface area contributed by atoms with Crippen LogP contribution >= 0.6 is 0 Å². The Hall–Kier alpha value is -1.51. The number of hydrogen-bond donors (Lipinski definition) is 1. The van der Waals surface area contributed by atoms with Gasteiger partial charge in [0.2, 0.25) is 0 Å². The highest BCUT2D eigenvalue weighted by Crippen LogP contribution is 2.20. The van der Waals surface area contributed by atoms with Gasteiger partial charge in [-0.2, -0.15) is 0 Å². The fourth-order valence-electron chi connectivity index (χ4n) is 2.24. The van der Waals surface area contributed by atoms with Gasteiger partial charge in [-0.1, -0.05) is 38.8 Å². The standard InChI is InChI=1S/C16H26N2O/c1-5-9-13(10-6-2)17-15-12-8-7-11-14(15)16(19)18(3)4/h7-8,11-13,17H,5-6,9-10H2,1-4H3.